The van der Waals surface area contributed by atoms with Crippen LogP contribution in [-0.4, -0.2) is 39.0 Å². The predicted octanol–water partition coefficient (Wildman–Crippen LogP) is 3.86. The summed E-state index contributed by atoms with van der Waals surface area (Å²) in [5, 5.41) is 14.2. The number of thiophene rings is 1. The molecule has 0 radical (unpaired) electrons. The molecule has 3 heterocycles. The number of ether oxygens (including phenoxy) is 1. The first-order valence-corrected chi connectivity index (χ1v) is 13.6. The highest BCUT2D eigenvalue weighted by atomic mass is 32.2. The van der Waals surface area contributed by atoms with E-state index in [2.05, 4.69) is 5.32 Å². The van der Waals surface area contributed by atoms with E-state index in [9.17, 15) is 14.7 Å². The molecule has 1 fully saturated rings. The summed E-state index contributed by atoms with van der Waals surface area (Å²) in [4.78, 5) is 33.1. The summed E-state index contributed by atoms with van der Waals surface area (Å²) in [6.45, 7) is 5.28. The summed E-state index contributed by atoms with van der Waals surface area (Å²) >= 11 is 2.92. The smallest absolute Gasteiger partial charge is 0.263 e. The third kappa shape index (κ3) is 4.61. The molecule has 0 bridgehead atoms. The Kier molecular flexibility index (Phi) is 6.68. The Bertz CT molecular complexity index is 1280. The summed E-state index contributed by atoms with van der Waals surface area (Å²) in [7, 11) is 0. The zero-order valence-corrected chi connectivity index (χ0v) is 21.1. The Balaban J connectivity index is 1.34. The van der Waals surface area contributed by atoms with Gasteiger partial charge in [-0.25, -0.2) is 4.98 Å². The van der Waals surface area contributed by atoms with Gasteiger partial charge in [-0.1, -0.05) is 23.9 Å². The number of hydrogen-bond acceptors (Lipinski definition) is 7. The minimum absolute atomic E-state index is 0.00199. The molecular formula is C25H29N3O4S2. The van der Waals surface area contributed by atoms with Crippen LogP contribution >= 0.6 is 23.1 Å². The Morgan fingerprint density at radius 3 is 2.82 bits per heavy atom. The average Bonchev–Trinajstić information content (AvgIpc) is 3.54. The van der Waals surface area contributed by atoms with E-state index in [0.717, 1.165) is 65.6 Å². The van der Waals surface area contributed by atoms with Gasteiger partial charge >= 0.3 is 0 Å². The van der Waals surface area contributed by atoms with Crippen molar-refractivity contribution in [1.82, 2.24) is 14.9 Å². The van der Waals surface area contributed by atoms with Crippen LogP contribution in [0.4, 0.5) is 0 Å². The molecule has 1 aliphatic heterocycles. The second kappa shape index (κ2) is 9.71. The largest absolute Gasteiger partial charge is 0.507 e. The molecule has 5 rings (SSSR count). The molecular weight excluding hydrogens is 470 g/mol. The minimum Gasteiger partial charge on any atom is -0.507 e. The maximum atomic E-state index is 13.5. The van der Waals surface area contributed by atoms with Crippen LogP contribution in [0.5, 0.6) is 5.75 Å². The number of hydrogen-bond donors (Lipinski definition) is 2. The maximum Gasteiger partial charge on any atom is 0.263 e. The first-order valence-electron chi connectivity index (χ1n) is 11.8. The Labute approximate surface area is 206 Å². The van der Waals surface area contributed by atoms with Crippen molar-refractivity contribution in [1.29, 1.82) is 0 Å². The lowest BCUT2D eigenvalue weighted by Gasteiger charge is -2.16. The lowest BCUT2D eigenvalue weighted by atomic mass is 10.1. The van der Waals surface area contributed by atoms with Crippen molar-refractivity contribution in [2.24, 2.45) is 0 Å². The van der Waals surface area contributed by atoms with Gasteiger partial charge in [0.25, 0.3) is 5.56 Å². The number of nitrogens with zero attached hydrogens (tertiary/aromatic N) is 2. The van der Waals surface area contributed by atoms with Crippen molar-refractivity contribution >= 4 is 39.2 Å². The monoisotopic (exact) mass is 499 g/mol. The summed E-state index contributed by atoms with van der Waals surface area (Å²) < 4.78 is 7.53. The highest BCUT2D eigenvalue weighted by molar-refractivity contribution is 7.99. The van der Waals surface area contributed by atoms with Crippen molar-refractivity contribution in [2.45, 2.75) is 70.3 Å². The number of carbonyl (C=O) groups is 1. The number of thioether (sulfide) groups is 1. The molecule has 180 valence electrons. The van der Waals surface area contributed by atoms with E-state index < -0.39 is 0 Å². The van der Waals surface area contributed by atoms with Gasteiger partial charge in [0.05, 0.1) is 23.8 Å². The van der Waals surface area contributed by atoms with Gasteiger partial charge < -0.3 is 15.2 Å². The molecule has 1 amide bonds. The Morgan fingerprint density at radius 1 is 1.29 bits per heavy atom. The second-order valence-corrected chi connectivity index (χ2v) is 11.2. The van der Waals surface area contributed by atoms with Crippen LogP contribution in [0.2, 0.25) is 0 Å². The van der Waals surface area contributed by atoms with Gasteiger partial charge in [0, 0.05) is 18.0 Å². The number of aromatic nitrogens is 2. The molecule has 0 saturated carbocycles. The minimum atomic E-state index is -0.125. The molecule has 1 aliphatic carbocycles. The number of benzene rings is 1. The topological polar surface area (TPSA) is 93.5 Å². The summed E-state index contributed by atoms with van der Waals surface area (Å²) in [5.41, 5.74) is 3.69. The summed E-state index contributed by atoms with van der Waals surface area (Å²) in [6, 6.07) is 3.75. The molecule has 1 saturated heterocycles. The fraction of sp³-hybridized carbons (Fsp3) is 0.480. The zero-order valence-electron chi connectivity index (χ0n) is 19.5. The van der Waals surface area contributed by atoms with Crippen molar-refractivity contribution in [3.05, 3.63) is 49.6 Å². The molecule has 2 aromatic heterocycles. The second-order valence-electron chi connectivity index (χ2n) is 9.13. The molecule has 0 unspecified atom stereocenters. The molecule has 0 spiro atoms. The molecule has 9 heteroatoms. The predicted molar refractivity (Wildman–Crippen MR) is 135 cm³/mol. The number of phenolic OH excluding ortho intramolecular Hbond substituents is 1. The average molecular weight is 500 g/mol. The van der Waals surface area contributed by atoms with Crippen LogP contribution in [0.1, 0.15) is 46.4 Å². The van der Waals surface area contributed by atoms with Gasteiger partial charge in [-0.05, 0) is 68.2 Å². The van der Waals surface area contributed by atoms with Gasteiger partial charge in [0.2, 0.25) is 5.91 Å². The molecule has 2 aliphatic rings. The summed E-state index contributed by atoms with van der Waals surface area (Å²) in [6.07, 6.45) is 5.00. The first-order chi connectivity index (χ1) is 16.4. The third-order valence-electron chi connectivity index (χ3n) is 6.57. The van der Waals surface area contributed by atoms with E-state index in [1.165, 1.54) is 22.2 Å². The van der Waals surface area contributed by atoms with Crippen molar-refractivity contribution in [2.75, 3.05) is 12.4 Å². The number of nitrogens with one attached hydrogen (secondary N) is 1. The highest BCUT2D eigenvalue weighted by Crippen LogP contribution is 2.35. The van der Waals surface area contributed by atoms with Gasteiger partial charge in [0.15, 0.2) is 5.16 Å². The number of fused-ring (bicyclic) bond motifs is 3. The van der Waals surface area contributed by atoms with E-state index in [1.54, 1.807) is 15.9 Å². The SMILES string of the molecule is Cc1cc(CNC(=O)CSc2nc3sc4c(c3c(=O)n2C[C@H]2CCCO2)CCC4)cc(C)c1O. The van der Waals surface area contributed by atoms with Crippen molar-refractivity contribution in [3.8, 4) is 5.75 Å². The number of phenols is 1. The number of aryl methyl sites for hydroxylation is 4. The molecule has 1 aromatic carbocycles. The van der Waals surface area contributed by atoms with Crippen LogP contribution < -0.4 is 10.9 Å². The molecule has 2 N–H and O–H groups in total. The lowest BCUT2D eigenvalue weighted by Crippen LogP contribution is -2.30. The number of carbonyl (C=O) groups excluding carboxylic acids is 1. The van der Waals surface area contributed by atoms with E-state index >= 15 is 0 Å². The number of amides is 1. The standard InChI is InChI=1S/C25H29N3O4S2/c1-14-9-16(10-15(2)22(14)30)11-26-20(29)13-33-25-27-23-21(18-6-3-7-19(18)34-23)24(31)28(25)12-17-5-4-8-32-17/h9-10,17,30H,3-8,11-13H2,1-2H3,(H,26,29)/t17-/m1/s1. The fourth-order valence-corrected chi connectivity index (χ4v) is 6.99. The van der Waals surface area contributed by atoms with Crippen LogP contribution in [-0.2, 0) is 35.5 Å². The maximum absolute atomic E-state index is 13.5. The van der Waals surface area contributed by atoms with Crippen molar-refractivity contribution < 1.29 is 14.6 Å². The normalized spacial score (nSPS) is 17.4. The highest BCUT2D eigenvalue weighted by Gasteiger charge is 2.25. The molecule has 7 nitrogen and oxygen atoms in total. The molecule has 34 heavy (non-hydrogen) atoms. The third-order valence-corrected chi connectivity index (χ3v) is 8.74. The zero-order chi connectivity index (χ0) is 23.8. The number of aromatic hydroxyl groups is 1. The van der Waals surface area contributed by atoms with E-state index in [4.69, 9.17) is 9.72 Å². The van der Waals surface area contributed by atoms with E-state index in [1.807, 2.05) is 26.0 Å². The van der Waals surface area contributed by atoms with Gasteiger partial charge in [-0.2, -0.15) is 0 Å². The van der Waals surface area contributed by atoms with Gasteiger partial charge in [-0.15, -0.1) is 11.3 Å². The molecule has 1 atom stereocenters. The fourth-order valence-electron chi connectivity index (χ4n) is 4.85. The van der Waals surface area contributed by atoms with E-state index in [-0.39, 0.29) is 29.1 Å². The number of rotatable bonds is 7. The van der Waals surface area contributed by atoms with Gasteiger partial charge in [-0.3, -0.25) is 14.2 Å². The molecule has 3 aromatic rings. The van der Waals surface area contributed by atoms with Crippen molar-refractivity contribution in [3.63, 3.8) is 0 Å². The van der Waals surface area contributed by atoms with Crippen LogP contribution in [0.25, 0.3) is 10.2 Å². The van der Waals surface area contributed by atoms with Crippen LogP contribution in [0, 0.1) is 13.8 Å². The van der Waals surface area contributed by atoms with E-state index in [0.29, 0.717) is 18.2 Å². The Morgan fingerprint density at radius 2 is 2.09 bits per heavy atom. The summed E-state index contributed by atoms with van der Waals surface area (Å²) in [5.74, 6) is 0.334. The lowest BCUT2D eigenvalue weighted by molar-refractivity contribution is -0.118. The van der Waals surface area contributed by atoms with Crippen LogP contribution in [0.3, 0.4) is 0 Å². The first kappa shape index (κ1) is 23.4. The van der Waals surface area contributed by atoms with Crippen LogP contribution in [0.15, 0.2) is 22.1 Å². The Hall–Kier alpha value is -2.36. The quantitative estimate of drug-likeness (QED) is 0.379. The van der Waals surface area contributed by atoms with Gasteiger partial charge in [0.1, 0.15) is 10.6 Å².